The molecule has 1 heterocycles. The molecule has 0 aliphatic rings. The van der Waals surface area contributed by atoms with Crippen LogP contribution in [0, 0.1) is 13.8 Å². The molecule has 0 amide bonds. The van der Waals surface area contributed by atoms with Crippen LogP contribution in [-0.4, -0.2) is 36.0 Å². The molecule has 1 N–H and O–H groups in total. The molecule has 6 heteroatoms. The minimum atomic E-state index is -3.55. The fourth-order valence-electron chi connectivity index (χ4n) is 1.61. The quantitative estimate of drug-likeness (QED) is 0.781. The minimum Gasteiger partial charge on any atom is -0.281 e. The van der Waals surface area contributed by atoms with Gasteiger partial charge in [-0.3, -0.25) is 5.10 Å². The van der Waals surface area contributed by atoms with Crippen LogP contribution in [0.15, 0.2) is 30.2 Å². The molecule has 1 rings (SSSR count). The second-order valence-electron chi connectivity index (χ2n) is 3.66. The molecule has 0 atom stereocenters. The molecule has 0 aromatic carbocycles. The van der Waals surface area contributed by atoms with Gasteiger partial charge in [0.05, 0.1) is 11.4 Å². The molecule has 17 heavy (non-hydrogen) atoms. The Morgan fingerprint density at radius 3 is 2.18 bits per heavy atom. The zero-order valence-corrected chi connectivity index (χ0v) is 10.9. The monoisotopic (exact) mass is 255 g/mol. The fourth-order valence-corrected chi connectivity index (χ4v) is 3.32. The SMILES string of the molecule is C=CCN(CC=C)S(=O)(=O)c1c(C)n[nH]c1C. The van der Waals surface area contributed by atoms with E-state index in [0.717, 1.165) is 0 Å². The van der Waals surface area contributed by atoms with Crippen LogP contribution in [0.3, 0.4) is 0 Å². The van der Waals surface area contributed by atoms with Crippen molar-refractivity contribution in [2.45, 2.75) is 18.7 Å². The Labute approximate surface area is 102 Å². The van der Waals surface area contributed by atoms with Gasteiger partial charge < -0.3 is 0 Å². The van der Waals surface area contributed by atoms with Crippen molar-refractivity contribution in [3.05, 3.63) is 36.7 Å². The number of aryl methyl sites for hydroxylation is 2. The zero-order chi connectivity index (χ0) is 13.1. The van der Waals surface area contributed by atoms with Gasteiger partial charge in [-0.1, -0.05) is 12.2 Å². The van der Waals surface area contributed by atoms with E-state index in [0.29, 0.717) is 11.4 Å². The van der Waals surface area contributed by atoms with Crippen molar-refractivity contribution in [1.29, 1.82) is 0 Å². The lowest BCUT2D eigenvalue weighted by Gasteiger charge is -2.18. The number of aromatic amines is 1. The van der Waals surface area contributed by atoms with Crippen LogP contribution >= 0.6 is 0 Å². The molecule has 0 radical (unpaired) electrons. The number of sulfonamides is 1. The van der Waals surface area contributed by atoms with Crippen molar-refractivity contribution in [1.82, 2.24) is 14.5 Å². The van der Waals surface area contributed by atoms with Gasteiger partial charge in [-0.25, -0.2) is 8.42 Å². The maximum Gasteiger partial charge on any atom is 0.247 e. The van der Waals surface area contributed by atoms with E-state index < -0.39 is 10.0 Å². The summed E-state index contributed by atoms with van der Waals surface area (Å²) in [6.45, 7) is 11.0. The lowest BCUT2D eigenvalue weighted by atomic mass is 10.4. The Kier molecular flexibility index (Phi) is 4.25. The molecule has 0 aliphatic heterocycles. The van der Waals surface area contributed by atoms with Crippen molar-refractivity contribution in [2.75, 3.05) is 13.1 Å². The van der Waals surface area contributed by atoms with E-state index in [1.807, 2.05) is 0 Å². The van der Waals surface area contributed by atoms with E-state index >= 15 is 0 Å². The smallest absolute Gasteiger partial charge is 0.247 e. The molecule has 0 spiro atoms. The van der Waals surface area contributed by atoms with Gasteiger partial charge in [0, 0.05) is 13.1 Å². The normalized spacial score (nSPS) is 11.7. The molecule has 0 saturated carbocycles. The second-order valence-corrected chi connectivity index (χ2v) is 5.54. The first-order chi connectivity index (χ1) is 7.95. The average molecular weight is 255 g/mol. The molecule has 94 valence electrons. The largest absolute Gasteiger partial charge is 0.281 e. The highest BCUT2D eigenvalue weighted by molar-refractivity contribution is 7.89. The number of aromatic nitrogens is 2. The number of nitrogens with zero attached hydrogens (tertiary/aromatic N) is 2. The van der Waals surface area contributed by atoms with E-state index in [1.54, 1.807) is 26.0 Å². The summed E-state index contributed by atoms with van der Waals surface area (Å²) >= 11 is 0. The molecule has 5 nitrogen and oxygen atoms in total. The zero-order valence-electron chi connectivity index (χ0n) is 10.1. The van der Waals surface area contributed by atoms with Crippen LogP contribution in [0.5, 0.6) is 0 Å². The first kappa shape index (κ1) is 13.7. The molecule has 0 saturated heterocycles. The summed E-state index contributed by atoms with van der Waals surface area (Å²) in [6, 6.07) is 0. The van der Waals surface area contributed by atoms with E-state index in [-0.39, 0.29) is 18.0 Å². The highest BCUT2D eigenvalue weighted by Gasteiger charge is 2.27. The number of rotatable bonds is 6. The second kappa shape index (κ2) is 5.29. The lowest BCUT2D eigenvalue weighted by Crippen LogP contribution is -2.32. The molecule has 0 fully saturated rings. The van der Waals surface area contributed by atoms with Gasteiger partial charge in [0.15, 0.2) is 0 Å². The summed E-state index contributed by atoms with van der Waals surface area (Å²) in [6.07, 6.45) is 3.09. The van der Waals surface area contributed by atoms with E-state index in [2.05, 4.69) is 23.4 Å². The third-order valence-electron chi connectivity index (χ3n) is 2.32. The summed E-state index contributed by atoms with van der Waals surface area (Å²) in [4.78, 5) is 0.237. The van der Waals surface area contributed by atoms with Gasteiger partial charge in [0.25, 0.3) is 0 Å². The Morgan fingerprint density at radius 1 is 1.29 bits per heavy atom. The van der Waals surface area contributed by atoms with Crippen molar-refractivity contribution >= 4 is 10.0 Å². The Morgan fingerprint density at radius 2 is 1.82 bits per heavy atom. The van der Waals surface area contributed by atoms with Gasteiger partial charge in [-0.2, -0.15) is 9.40 Å². The molecular formula is C11H17N3O2S. The van der Waals surface area contributed by atoms with Gasteiger partial charge in [0.1, 0.15) is 4.90 Å². The van der Waals surface area contributed by atoms with Gasteiger partial charge in [-0.05, 0) is 13.8 Å². The van der Waals surface area contributed by atoms with Gasteiger partial charge in [-0.15, -0.1) is 13.2 Å². The summed E-state index contributed by atoms with van der Waals surface area (Å²) in [5, 5.41) is 6.58. The molecule has 1 aromatic rings. The predicted octanol–water partition coefficient (Wildman–Crippen LogP) is 1.39. The molecule has 0 bridgehead atoms. The minimum absolute atomic E-state index is 0.237. The maximum absolute atomic E-state index is 12.4. The summed E-state index contributed by atoms with van der Waals surface area (Å²) in [7, 11) is -3.55. The number of nitrogens with one attached hydrogen (secondary N) is 1. The number of hydrogen-bond donors (Lipinski definition) is 1. The Hall–Kier alpha value is -1.40. The van der Waals surface area contributed by atoms with Crippen LogP contribution in [-0.2, 0) is 10.0 Å². The van der Waals surface area contributed by atoms with Crippen LogP contribution in [0.2, 0.25) is 0 Å². The summed E-state index contributed by atoms with van der Waals surface area (Å²) in [5.41, 5.74) is 1.02. The average Bonchev–Trinajstić information content (AvgIpc) is 2.58. The van der Waals surface area contributed by atoms with Gasteiger partial charge in [0.2, 0.25) is 10.0 Å². The Balaban J connectivity index is 3.25. The Bertz CT molecular complexity index is 487. The fraction of sp³-hybridized carbons (Fsp3) is 0.364. The third-order valence-corrected chi connectivity index (χ3v) is 4.42. The van der Waals surface area contributed by atoms with E-state index in [9.17, 15) is 8.42 Å². The van der Waals surface area contributed by atoms with Crippen molar-refractivity contribution < 1.29 is 8.42 Å². The molecule has 1 aromatic heterocycles. The summed E-state index contributed by atoms with van der Waals surface area (Å²) < 4.78 is 26.1. The van der Waals surface area contributed by atoms with Crippen molar-refractivity contribution in [2.24, 2.45) is 0 Å². The topological polar surface area (TPSA) is 66.1 Å². The van der Waals surface area contributed by atoms with Crippen LogP contribution in [0.25, 0.3) is 0 Å². The lowest BCUT2D eigenvalue weighted by molar-refractivity contribution is 0.473. The van der Waals surface area contributed by atoms with Crippen LogP contribution < -0.4 is 0 Å². The standard InChI is InChI=1S/C11H17N3O2S/c1-5-7-14(8-6-2)17(15,16)11-9(3)12-13-10(11)4/h5-6H,1-2,7-8H2,3-4H3,(H,12,13). The molecular weight excluding hydrogens is 238 g/mol. The first-order valence-electron chi connectivity index (χ1n) is 5.18. The highest BCUT2D eigenvalue weighted by atomic mass is 32.2. The van der Waals surface area contributed by atoms with Crippen molar-refractivity contribution in [3.8, 4) is 0 Å². The van der Waals surface area contributed by atoms with Crippen LogP contribution in [0.4, 0.5) is 0 Å². The van der Waals surface area contributed by atoms with Crippen LogP contribution in [0.1, 0.15) is 11.4 Å². The molecule has 0 aliphatic carbocycles. The number of H-pyrrole nitrogens is 1. The predicted molar refractivity (Wildman–Crippen MR) is 67.2 cm³/mol. The van der Waals surface area contributed by atoms with Gasteiger partial charge >= 0.3 is 0 Å². The number of hydrogen-bond acceptors (Lipinski definition) is 3. The van der Waals surface area contributed by atoms with E-state index in [1.165, 1.54) is 4.31 Å². The third kappa shape index (κ3) is 2.65. The molecule has 0 unspecified atom stereocenters. The van der Waals surface area contributed by atoms with E-state index in [4.69, 9.17) is 0 Å². The first-order valence-corrected chi connectivity index (χ1v) is 6.62. The highest BCUT2D eigenvalue weighted by Crippen LogP contribution is 2.21. The van der Waals surface area contributed by atoms with Crippen molar-refractivity contribution in [3.63, 3.8) is 0 Å². The summed E-state index contributed by atoms with van der Waals surface area (Å²) in [5.74, 6) is 0. The maximum atomic E-state index is 12.4.